The molecule has 2 amide bonds. The van der Waals surface area contributed by atoms with Crippen LogP contribution in [-0.4, -0.2) is 58.6 Å². The van der Waals surface area contributed by atoms with Gasteiger partial charge in [0.1, 0.15) is 17.0 Å². The number of nitrogens with two attached hydrogens (primary N) is 1. The number of carbonyl (C=O) groups excluding carboxylic acids is 2. The molecule has 1 atom stereocenters. The van der Waals surface area contributed by atoms with Crippen molar-refractivity contribution in [3.05, 3.63) is 47.0 Å². The number of ether oxygens (including phenoxy) is 1. The normalized spacial score (nSPS) is 22.6. The van der Waals surface area contributed by atoms with E-state index >= 15 is 0 Å². The number of rotatable bonds is 3. The molecule has 1 unspecified atom stereocenters. The molecule has 0 spiro atoms. The molecule has 2 aliphatic heterocycles. The third kappa shape index (κ3) is 2.82. The molecule has 2 saturated heterocycles. The van der Waals surface area contributed by atoms with Crippen molar-refractivity contribution in [2.45, 2.75) is 12.0 Å². The first-order valence-corrected chi connectivity index (χ1v) is 8.88. The van der Waals surface area contributed by atoms with E-state index in [0.717, 1.165) is 5.56 Å². The van der Waals surface area contributed by atoms with Crippen molar-refractivity contribution in [1.29, 1.82) is 0 Å². The van der Waals surface area contributed by atoms with Crippen LogP contribution in [-0.2, 0) is 11.2 Å². The van der Waals surface area contributed by atoms with Crippen molar-refractivity contribution in [3.8, 4) is 0 Å². The second kappa shape index (κ2) is 6.03. The molecule has 0 saturated carbocycles. The maximum atomic E-state index is 12.8. The molecule has 0 bridgehead atoms. The lowest BCUT2D eigenvalue weighted by molar-refractivity contribution is 0.0379. The molecule has 2 aromatic rings. The van der Waals surface area contributed by atoms with Gasteiger partial charge in [-0.05, 0) is 5.56 Å². The number of aromatic nitrogens is 1. The molecule has 2 aliphatic rings. The minimum absolute atomic E-state index is 0.0966. The van der Waals surface area contributed by atoms with Crippen LogP contribution in [0.3, 0.4) is 0 Å². The van der Waals surface area contributed by atoms with E-state index in [9.17, 15) is 9.59 Å². The lowest BCUT2D eigenvalue weighted by atomic mass is 9.88. The van der Waals surface area contributed by atoms with Crippen LogP contribution in [0, 0.1) is 0 Å². The molecule has 1 aromatic carbocycles. The van der Waals surface area contributed by atoms with Crippen LogP contribution < -0.4 is 5.73 Å². The zero-order valence-corrected chi connectivity index (χ0v) is 14.4. The molecular formula is C17H18N4O3S. The Hall–Kier alpha value is -2.61. The maximum Gasteiger partial charge on any atom is 0.410 e. The van der Waals surface area contributed by atoms with Gasteiger partial charge in [0.05, 0.1) is 6.20 Å². The minimum atomic E-state index is -0.525. The standard InChI is InChI=1S/C17H18N4O3S/c18-15-19-9-13(25-15)14(22)20-6-7-21-16(23)24-11-17(21,10-20)8-12-4-2-1-3-5-12/h1-5,9H,6-8,10-11H2,(H2,18,19). The molecular weight excluding hydrogens is 340 g/mol. The van der Waals surface area contributed by atoms with Crippen LogP contribution >= 0.6 is 11.3 Å². The third-order valence-corrected chi connectivity index (χ3v) is 5.55. The number of hydrogen-bond acceptors (Lipinski definition) is 6. The number of fused-ring (bicyclic) bond motifs is 1. The van der Waals surface area contributed by atoms with Gasteiger partial charge in [0.25, 0.3) is 5.91 Å². The van der Waals surface area contributed by atoms with Crippen molar-refractivity contribution in [1.82, 2.24) is 14.8 Å². The fraction of sp³-hybridized carbons (Fsp3) is 0.353. The topological polar surface area (TPSA) is 88.8 Å². The zero-order valence-electron chi connectivity index (χ0n) is 13.6. The Balaban J connectivity index is 1.60. The first-order valence-electron chi connectivity index (χ1n) is 8.06. The molecule has 0 radical (unpaired) electrons. The Morgan fingerprint density at radius 1 is 1.32 bits per heavy atom. The van der Waals surface area contributed by atoms with E-state index in [2.05, 4.69) is 4.98 Å². The predicted octanol–water partition coefficient (Wildman–Crippen LogP) is 1.61. The average molecular weight is 358 g/mol. The van der Waals surface area contributed by atoms with Gasteiger partial charge < -0.3 is 15.4 Å². The van der Waals surface area contributed by atoms with Crippen LogP contribution in [0.4, 0.5) is 9.93 Å². The molecule has 0 aliphatic carbocycles. The lowest BCUT2D eigenvalue weighted by Crippen LogP contribution is -2.63. The maximum absolute atomic E-state index is 12.8. The number of benzene rings is 1. The number of nitrogens with zero attached hydrogens (tertiary/aromatic N) is 3. The summed E-state index contributed by atoms with van der Waals surface area (Å²) in [5.41, 5.74) is 6.23. The van der Waals surface area contributed by atoms with E-state index in [1.807, 2.05) is 30.3 Å². The van der Waals surface area contributed by atoms with Crippen LogP contribution in [0.2, 0.25) is 0 Å². The molecule has 130 valence electrons. The van der Waals surface area contributed by atoms with Gasteiger partial charge in [0.2, 0.25) is 0 Å². The fourth-order valence-electron chi connectivity index (χ4n) is 3.55. The molecule has 4 rings (SSSR count). The molecule has 1 aromatic heterocycles. The Morgan fingerprint density at radius 3 is 2.84 bits per heavy atom. The van der Waals surface area contributed by atoms with E-state index < -0.39 is 5.54 Å². The summed E-state index contributed by atoms with van der Waals surface area (Å²) in [6.45, 7) is 1.66. The average Bonchev–Trinajstić information content (AvgIpc) is 3.19. The highest BCUT2D eigenvalue weighted by atomic mass is 32.1. The molecule has 8 heteroatoms. The summed E-state index contributed by atoms with van der Waals surface area (Å²) in [4.78, 5) is 32.9. The third-order valence-electron chi connectivity index (χ3n) is 4.73. The fourth-order valence-corrected chi connectivity index (χ4v) is 4.21. The van der Waals surface area contributed by atoms with E-state index in [1.54, 1.807) is 9.80 Å². The van der Waals surface area contributed by atoms with E-state index in [4.69, 9.17) is 10.5 Å². The summed E-state index contributed by atoms with van der Waals surface area (Å²) in [7, 11) is 0. The summed E-state index contributed by atoms with van der Waals surface area (Å²) >= 11 is 1.18. The summed E-state index contributed by atoms with van der Waals surface area (Å²) in [5.74, 6) is -0.0966. The molecule has 2 fully saturated rings. The summed E-state index contributed by atoms with van der Waals surface area (Å²) in [5, 5.41) is 0.375. The van der Waals surface area contributed by atoms with E-state index in [0.29, 0.717) is 36.1 Å². The quantitative estimate of drug-likeness (QED) is 0.901. The highest BCUT2D eigenvalue weighted by Gasteiger charge is 2.51. The highest BCUT2D eigenvalue weighted by molar-refractivity contribution is 7.17. The minimum Gasteiger partial charge on any atom is -0.447 e. The SMILES string of the molecule is Nc1ncc(C(=O)N2CCN3C(=O)OCC3(Cc3ccccc3)C2)s1. The number of thiazole rings is 1. The Morgan fingerprint density at radius 2 is 2.12 bits per heavy atom. The monoisotopic (exact) mass is 358 g/mol. The largest absolute Gasteiger partial charge is 0.447 e. The summed E-state index contributed by atoms with van der Waals surface area (Å²) < 4.78 is 5.33. The molecule has 7 nitrogen and oxygen atoms in total. The Labute approximate surface area is 149 Å². The van der Waals surface area contributed by atoms with Gasteiger partial charge in [0.15, 0.2) is 5.13 Å². The van der Waals surface area contributed by atoms with E-state index in [-0.39, 0.29) is 18.6 Å². The second-order valence-electron chi connectivity index (χ2n) is 6.38. The smallest absolute Gasteiger partial charge is 0.410 e. The first-order chi connectivity index (χ1) is 12.1. The van der Waals surface area contributed by atoms with Crippen LogP contribution in [0.1, 0.15) is 15.2 Å². The van der Waals surface area contributed by atoms with Crippen molar-refractivity contribution in [2.75, 3.05) is 32.0 Å². The first kappa shape index (κ1) is 15.9. The zero-order chi connectivity index (χ0) is 17.4. The van der Waals surface area contributed by atoms with Gasteiger partial charge in [-0.1, -0.05) is 41.7 Å². The van der Waals surface area contributed by atoms with E-state index in [1.165, 1.54) is 17.5 Å². The van der Waals surface area contributed by atoms with Crippen molar-refractivity contribution in [3.63, 3.8) is 0 Å². The van der Waals surface area contributed by atoms with Crippen molar-refractivity contribution in [2.24, 2.45) is 0 Å². The second-order valence-corrected chi connectivity index (χ2v) is 7.44. The summed E-state index contributed by atoms with van der Waals surface area (Å²) in [6, 6.07) is 9.96. The van der Waals surface area contributed by atoms with Crippen molar-refractivity contribution < 1.29 is 14.3 Å². The Kier molecular flexibility index (Phi) is 3.84. The highest BCUT2D eigenvalue weighted by Crippen LogP contribution is 2.33. The summed E-state index contributed by atoms with van der Waals surface area (Å²) in [6.07, 6.45) is 1.85. The molecule has 25 heavy (non-hydrogen) atoms. The molecule has 2 N–H and O–H groups in total. The van der Waals surface area contributed by atoms with Crippen LogP contribution in [0.5, 0.6) is 0 Å². The molecule has 3 heterocycles. The van der Waals surface area contributed by atoms with Crippen LogP contribution in [0.15, 0.2) is 36.5 Å². The van der Waals surface area contributed by atoms with Gasteiger partial charge >= 0.3 is 6.09 Å². The number of nitrogen functional groups attached to an aromatic ring is 1. The van der Waals surface area contributed by atoms with Gasteiger partial charge in [-0.3, -0.25) is 9.69 Å². The number of amides is 2. The van der Waals surface area contributed by atoms with Crippen molar-refractivity contribution >= 4 is 28.5 Å². The number of piperazine rings is 1. The number of carbonyl (C=O) groups is 2. The van der Waals surface area contributed by atoms with Crippen LogP contribution in [0.25, 0.3) is 0 Å². The number of cyclic esters (lactones) is 1. The predicted molar refractivity (Wildman–Crippen MR) is 93.4 cm³/mol. The number of hydrogen-bond donors (Lipinski definition) is 1. The Bertz CT molecular complexity index is 809. The van der Waals surface area contributed by atoms with Gasteiger partial charge in [0, 0.05) is 26.1 Å². The number of anilines is 1. The van der Waals surface area contributed by atoms with Gasteiger partial charge in [-0.2, -0.15) is 0 Å². The van der Waals surface area contributed by atoms with Gasteiger partial charge in [-0.15, -0.1) is 0 Å². The van der Waals surface area contributed by atoms with Gasteiger partial charge in [-0.25, -0.2) is 9.78 Å². The lowest BCUT2D eigenvalue weighted by Gasteiger charge is -2.44.